The molecule has 1 saturated heterocycles. The van der Waals surface area contributed by atoms with Crippen LogP contribution in [0.25, 0.3) is 0 Å². The summed E-state index contributed by atoms with van der Waals surface area (Å²) in [6.45, 7) is 6.14. The molecular weight excluding hydrogens is 320 g/mol. The van der Waals surface area contributed by atoms with Gasteiger partial charge in [-0.15, -0.1) is 0 Å². The molecule has 1 aliphatic heterocycles. The third kappa shape index (κ3) is 4.11. The van der Waals surface area contributed by atoms with Crippen LogP contribution in [-0.4, -0.2) is 50.3 Å². The van der Waals surface area contributed by atoms with Crippen molar-refractivity contribution in [3.8, 4) is 17.2 Å². The van der Waals surface area contributed by atoms with Crippen LogP contribution in [0, 0.1) is 0 Å². The fraction of sp³-hybridized carbons (Fsp3) is 0.632. The fourth-order valence-electron chi connectivity index (χ4n) is 3.56. The summed E-state index contributed by atoms with van der Waals surface area (Å²) in [5, 5.41) is 3.27. The number of nitrogens with one attached hydrogen (secondary N) is 1. The molecule has 2 rings (SSSR count). The highest BCUT2D eigenvalue weighted by molar-refractivity contribution is 5.85. The summed E-state index contributed by atoms with van der Waals surface area (Å²) in [6, 6.07) is 3.84. The second-order valence-electron chi connectivity index (χ2n) is 6.65. The first-order chi connectivity index (χ1) is 11.9. The number of nitrogens with zero attached hydrogens (tertiary/aromatic N) is 1. The highest BCUT2D eigenvalue weighted by Crippen LogP contribution is 2.40. The van der Waals surface area contributed by atoms with E-state index in [4.69, 9.17) is 14.2 Å². The molecule has 1 fully saturated rings. The fourth-order valence-corrected chi connectivity index (χ4v) is 3.56. The topological polar surface area (TPSA) is 60.0 Å². The van der Waals surface area contributed by atoms with Gasteiger partial charge >= 0.3 is 0 Å². The molecule has 6 nitrogen and oxygen atoms in total. The molecule has 1 aliphatic rings. The number of hydrogen-bond donors (Lipinski definition) is 1. The molecule has 1 N–H and O–H groups in total. The van der Waals surface area contributed by atoms with E-state index in [0.29, 0.717) is 17.2 Å². The Labute approximate surface area is 150 Å². The molecule has 0 spiro atoms. The average Bonchev–Trinajstić information content (AvgIpc) is 2.60. The molecule has 0 aromatic heterocycles. The quantitative estimate of drug-likeness (QED) is 0.853. The number of ether oxygens (including phenoxy) is 3. The zero-order chi connectivity index (χ0) is 18.6. The number of amides is 1. The number of carbonyl (C=O) groups excluding carboxylic acids is 1. The van der Waals surface area contributed by atoms with Crippen molar-refractivity contribution in [3.05, 3.63) is 12.1 Å². The van der Waals surface area contributed by atoms with Crippen molar-refractivity contribution < 1.29 is 19.0 Å². The standard InChI is InChI=1S/C19H30N2O4/c1-12-8-7-9-13(2)21(12)19(22)14(3)20-15-10-16(23-4)18(25-6)17(11-15)24-5/h10-14,20H,7-9H2,1-6H3. The number of hydrogen-bond acceptors (Lipinski definition) is 5. The molecule has 3 unspecified atom stereocenters. The molecule has 0 saturated carbocycles. The molecule has 0 bridgehead atoms. The maximum Gasteiger partial charge on any atom is 0.245 e. The van der Waals surface area contributed by atoms with Crippen LogP contribution in [0.4, 0.5) is 5.69 Å². The minimum atomic E-state index is -0.342. The first-order valence-electron chi connectivity index (χ1n) is 8.81. The summed E-state index contributed by atoms with van der Waals surface area (Å²) in [5.41, 5.74) is 0.757. The summed E-state index contributed by atoms with van der Waals surface area (Å²) in [4.78, 5) is 14.9. The van der Waals surface area contributed by atoms with E-state index in [1.807, 2.05) is 24.0 Å². The van der Waals surface area contributed by atoms with Gasteiger partial charge in [0.15, 0.2) is 11.5 Å². The van der Waals surface area contributed by atoms with Crippen molar-refractivity contribution in [1.82, 2.24) is 4.90 Å². The van der Waals surface area contributed by atoms with Crippen LogP contribution in [-0.2, 0) is 4.79 Å². The van der Waals surface area contributed by atoms with E-state index in [2.05, 4.69) is 19.2 Å². The average molecular weight is 350 g/mol. The lowest BCUT2D eigenvalue weighted by atomic mass is 9.96. The predicted octanol–water partition coefficient (Wildman–Crippen LogP) is 3.30. The maximum atomic E-state index is 12.9. The molecule has 0 radical (unpaired) electrons. The highest BCUT2D eigenvalue weighted by atomic mass is 16.5. The van der Waals surface area contributed by atoms with E-state index in [9.17, 15) is 4.79 Å². The highest BCUT2D eigenvalue weighted by Gasteiger charge is 2.31. The van der Waals surface area contributed by atoms with E-state index in [1.165, 1.54) is 6.42 Å². The van der Waals surface area contributed by atoms with E-state index in [1.54, 1.807) is 21.3 Å². The van der Waals surface area contributed by atoms with Gasteiger partial charge in [-0.2, -0.15) is 0 Å². The Kier molecular flexibility index (Phi) is 6.39. The van der Waals surface area contributed by atoms with Crippen LogP contribution < -0.4 is 19.5 Å². The van der Waals surface area contributed by atoms with Crippen molar-refractivity contribution in [2.45, 2.75) is 58.2 Å². The molecule has 1 amide bonds. The number of methoxy groups -OCH3 is 3. The number of rotatable bonds is 6. The third-order valence-corrected chi connectivity index (χ3v) is 4.87. The van der Waals surface area contributed by atoms with Crippen molar-refractivity contribution in [1.29, 1.82) is 0 Å². The van der Waals surface area contributed by atoms with Gasteiger partial charge in [0.25, 0.3) is 0 Å². The first-order valence-corrected chi connectivity index (χ1v) is 8.81. The zero-order valence-corrected chi connectivity index (χ0v) is 16.1. The molecule has 25 heavy (non-hydrogen) atoms. The van der Waals surface area contributed by atoms with Crippen LogP contribution in [0.2, 0.25) is 0 Å². The summed E-state index contributed by atoms with van der Waals surface area (Å²) in [7, 11) is 4.72. The van der Waals surface area contributed by atoms with Gasteiger partial charge in [0.2, 0.25) is 11.7 Å². The van der Waals surface area contributed by atoms with Crippen LogP contribution in [0.15, 0.2) is 12.1 Å². The maximum absolute atomic E-state index is 12.9. The van der Waals surface area contributed by atoms with Gasteiger partial charge in [-0.3, -0.25) is 4.79 Å². The van der Waals surface area contributed by atoms with E-state index < -0.39 is 0 Å². The second kappa shape index (κ2) is 8.32. The Balaban J connectivity index is 2.19. The van der Waals surface area contributed by atoms with Crippen LogP contribution in [0.5, 0.6) is 17.2 Å². The molecular formula is C19H30N2O4. The summed E-state index contributed by atoms with van der Waals surface area (Å²) >= 11 is 0. The Morgan fingerprint density at radius 3 is 2.04 bits per heavy atom. The summed E-state index contributed by atoms with van der Waals surface area (Å²) in [6.07, 6.45) is 3.31. The summed E-state index contributed by atoms with van der Waals surface area (Å²) < 4.78 is 16.1. The van der Waals surface area contributed by atoms with Crippen molar-refractivity contribution in [2.24, 2.45) is 0 Å². The number of piperidine rings is 1. The van der Waals surface area contributed by atoms with Crippen molar-refractivity contribution in [2.75, 3.05) is 26.6 Å². The lowest BCUT2D eigenvalue weighted by Crippen LogP contribution is -2.52. The van der Waals surface area contributed by atoms with Crippen LogP contribution in [0.1, 0.15) is 40.0 Å². The number of carbonyl (C=O) groups is 1. The first kappa shape index (κ1) is 19.2. The predicted molar refractivity (Wildman–Crippen MR) is 98.8 cm³/mol. The van der Waals surface area contributed by atoms with Gasteiger partial charge in [0.1, 0.15) is 6.04 Å². The van der Waals surface area contributed by atoms with Gasteiger partial charge in [-0.25, -0.2) is 0 Å². The van der Waals surface area contributed by atoms with Gasteiger partial charge in [-0.1, -0.05) is 0 Å². The van der Waals surface area contributed by atoms with Gasteiger partial charge < -0.3 is 24.4 Å². The van der Waals surface area contributed by atoms with Crippen molar-refractivity contribution >= 4 is 11.6 Å². The Hall–Kier alpha value is -2.11. The second-order valence-corrected chi connectivity index (χ2v) is 6.65. The monoisotopic (exact) mass is 350 g/mol. The molecule has 1 aromatic carbocycles. The molecule has 6 heteroatoms. The van der Waals surface area contributed by atoms with Gasteiger partial charge in [-0.05, 0) is 40.0 Å². The number of anilines is 1. The number of benzene rings is 1. The molecule has 140 valence electrons. The van der Waals surface area contributed by atoms with Crippen LogP contribution >= 0.6 is 0 Å². The third-order valence-electron chi connectivity index (χ3n) is 4.87. The number of likely N-dealkylation sites (tertiary alicyclic amines) is 1. The zero-order valence-electron chi connectivity index (χ0n) is 16.1. The normalized spacial score (nSPS) is 21.4. The van der Waals surface area contributed by atoms with E-state index >= 15 is 0 Å². The Bertz CT molecular complexity index is 570. The molecule has 3 atom stereocenters. The van der Waals surface area contributed by atoms with Gasteiger partial charge in [0, 0.05) is 29.9 Å². The van der Waals surface area contributed by atoms with Crippen LogP contribution in [0.3, 0.4) is 0 Å². The lowest BCUT2D eigenvalue weighted by Gasteiger charge is -2.40. The lowest BCUT2D eigenvalue weighted by molar-refractivity contribution is -0.137. The largest absolute Gasteiger partial charge is 0.493 e. The van der Waals surface area contributed by atoms with Gasteiger partial charge in [0.05, 0.1) is 21.3 Å². The minimum absolute atomic E-state index is 0.119. The minimum Gasteiger partial charge on any atom is -0.493 e. The Morgan fingerprint density at radius 2 is 1.60 bits per heavy atom. The van der Waals surface area contributed by atoms with E-state index in [0.717, 1.165) is 18.5 Å². The molecule has 1 heterocycles. The summed E-state index contributed by atoms with van der Waals surface area (Å²) in [5.74, 6) is 1.77. The van der Waals surface area contributed by atoms with Crippen molar-refractivity contribution in [3.63, 3.8) is 0 Å². The smallest absolute Gasteiger partial charge is 0.245 e. The molecule has 1 aromatic rings. The molecule has 0 aliphatic carbocycles. The SMILES string of the molecule is COc1cc(NC(C)C(=O)N2C(C)CCCC2C)cc(OC)c1OC. The van der Waals surface area contributed by atoms with E-state index in [-0.39, 0.29) is 24.0 Å². The Morgan fingerprint density at radius 1 is 1.08 bits per heavy atom.